The van der Waals surface area contributed by atoms with Gasteiger partial charge in [0.05, 0.1) is 0 Å². The van der Waals surface area contributed by atoms with Crippen LogP contribution in [0.25, 0.3) is 0 Å². The van der Waals surface area contributed by atoms with Gasteiger partial charge in [0.25, 0.3) is 0 Å². The molecule has 0 aromatic rings. The molecular formula is C14H25NO3. The first-order valence-corrected chi connectivity index (χ1v) is 7.07. The quantitative estimate of drug-likeness (QED) is 0.766. The van der Waals surface area contributed by atoms with Crippen molar-refractivity contribution in [3.63, 3.8) is 0 Å². The van der Waals surface area contributed by atoms with Crippen molar-refractivity contribution in [1.29, 1.82) is 0 Å². The van der Waals surface area contributed by atoms with Gasteiger partial charge in [-0.1, -0.05) is 46.0 Å². The maximum absolute atomic E-state index is 11.9. The van der Waals surface area contributed by atoms with Gasteiger partial charge in [-0.15, -0.1) is 0 Å². The number of rotatable bonds is 6. The first kappa shape index (κ1) is 15.0. The molecule has 2 unspecified atom stereocenters. The molecule has 2 atom stereocenters. The minimum atomic E-state index is -0.948. The maximum atomic E-state index is 11.9. The molecule has 0 spiro atoms. The van der Waals surface area contributed by atoms with Crippen LogP contribution in [0, 0.1) is 11.8 Å². The molecule has 1 aliphatic carbocycles. The lowest BCUT2D eigenvalue weighted by molar-refractivity contribution is -0.142. The summed E-state index contributed by atoms with van der Waals surface area (Å²) in [7, 11) is 0. The lowest BCUT2D eigenvalue weighted by Gasteiger charge is -2.25. The van der Waals surface area contributed by atoms with Crippen molar-refractivity contribution in [2.75, 3.05) is 0 Å². The third-order valence-electron chi connectivity index (χ3n) is 3.88. The Bertz CT molecular complexity index is 285. The Labute approximate surface area is 109 Å². The monoisotopic (exact) mass is 255 g/mol. The third kappa shape index (κ3) is 4.67. The highest BCUT2D eigenvalue weighted by atomic mass is 16.4. The van der Waals surface area contributed by atoms with Crippen molar-refractivity contribution in [1.82, 2.24) is 5.32 Å². The van der Waals surface area contributed by atoms with E-state index in [0.29, 0.717) is 12.3 Å². The molecule has 0 aromatic carbocycles. The van der Waals surface area contributed by atoms with Crippen LogP contribution in [0.4, 0.5) is 0 Å². The number of carboxylic acids is 1. The van der Waals surface area contributed by atoms with Gasteiger partial charge < -0.3 is 10.4 Å². The highest BCUT2D eigenvalue weighted by molar-refractivity contribution is 5.84. The van der Waals surface area contributed by atoms with Gasteiger partial charge in [-0.3, -0.25) is 4.79 Å². The highest BCUT2D eigenvalue weighted by Crippen LogP contribution is 2.29. The van der Waals surface area contributed by atoms with Crippen LogP contribution in [-0.2, 0) is 9.59 Å². The van der Waals surface area contributed by atoms with Crippen LogP contribution in [0.15, 0.2) is 0 Å². The van der Waals surface area contributed by atoms with Crippen molar-refractivity contribution >= 4 is 11.9 Å². The Morgan fingerprint density at radius 1 is 1.28 bits per heavy atom. The van der Waals surface area contributed by atoms with Crippen molar-refractivity contribution < 1.29 is 14.7 Å². The predicted octanol–water partition coefficient (Wildman–Crippen LogP) is 2.57. The Hall–Kier alpha value is -1.06. The molecule has 0 bridgehead atoms. The number of aliphatic carboxylic acids is 1. The molecule has 0 heterocycles. The van der Waals surface area contributed by atoms with E-state index in [1.807, 2.05) is 6.92 Å². The van der Waals surface area contributed by atoms with Crippen LogP contribution in [-0.4, -0.2) is 23.0 Å². The summed E-state index contributed by atoms with van der Waals surface area (Å²) >= 11 is 0. The van der Waals surface area contributed by atoms with E-state index in [1.54, 1.807) is 6.92 Å². The summed E-state index contributed by atoms with van der Waals surface area (Å²) in [5.41, 5.74) is 0. The van der Waals surface area contributed by atoms with Gasteiger partial charge in [0.15, 0.2) is 0 Å². The second kappa shape index (κ2) is 7.39. The molecule has 0 saturated heterocycles. The summed E-state index contributed by atoms with van der Waals surface area (Å²) in [6.07, 6.45) is 7.60. The highest BCUT2D eigenvalue weighted by Gasteiger charge is 2.24. The van der Waals surface area contributed by atoms with E-state index in [1.165, 1.54) is 32.1 Å². The van der Waals surface area contributed by atoms with E-state index in [-0.39, 0.29) is 11.8 Å². The summed E-state index contributed by atoms with van der Waals surface area (Å²) in [5, 5.41) is 11.5. The molecule has 0 aliphatic heterocycles. The van der Waals surface area contributed by atoms with E-state index < -0.39 is 12.0 Å². The molecule has 1 saturated carbocycles. The van der Waals surface area contributed by atoms with E-state index >= 15 is 0 Å². The zero-order valence-electron chi connectivity index (χ0n) is 11.4. The summed E-state index contributed by atoms with van der Waals surface area (Å²) in [5.74, 6) is -0.503. The zero-order valence-corrected chi connectivity index (χ0v) is 11.4. The topological polar surface area (TPSA) is 66.4 Å². The molecule has 1 rings (SSSR count). The smallest absolute Gasteiger partial charge is 0.326 e. The second-order valence-corrected chi connectivity index (χ2v) is 5.45. The van der Waals surface area contributed by atoms with Gasteiger partial charge in [-0.2, -0.15) is 0 Å². The fraction of sp³-hybridized carbons (Fsp3) is 0.857. The maximum Gasteiger partial charge on any atom is 0.326 e. The average molecular weight is 255 g/mol. The number of carboxylic acid groups (broad SMARTS) is 1. The number of nitrogens with one attached hydrogen (secondary N) is 1. The molecule has 0 radical (unpaired) electrons. The molecular weight excluding hydrogens is 230 g/mol. The van der Waals surface area contributed by atoms with E-state index in [9.17, 15) is 9.59 Å². The summed E-state index contributed by atoms with van der Waals surface area (Å²) in [6, 6.07) is -0.744. The van der Waals surface area contributed by atoms with E-state index in [0.717, 1.165) is 6.42 Å². The Balaban J connectivity index is 2.37. The number of hydrogen-bond donors (Lipinski definition) is 2. The Morgan fingerprint density at radius 3 is 2.39 bits per heavy atom. The van der Waals surface area contributed by atoms with Gasteiger partial charge in [0.1, 0.15) is 6.04 Å². The van der Waals surface area contributed by atoms with Crippen LogP contribution in [0.2, 0.25) is 0 Å². The predicted molar refractivity (Wildman–Crippen MR) is 70.2 cm³/mol. The Morgan fingerprint density at radius 2 is 1.89 bits per heavy atom. The normalized spacial score (nSPS) is 20.1. The standard InChI is InChI=1S/C14H25NO3/c1-3-12(14(17)18)15-13(16)10(2)9-11-7-5-4-6-8-11/h10-12H,3-9H2,1-2H3,(H,15,16)(H,17,18). The minimum Gasteiger partial charge on any atom is -0.480 e. The number of amides is 1. The summed E-state index contributed by atoms with van der Waals surface area (Å²) in [4.78, 5) is 22.8. The van der Waals surface area contributed by atoms with Crippen molar-refractivity contribution in [3.05, 3.63) is 0 Å². The fourth-order valence-electron chi connectivity index (χ4n) is 2.68. The van der Waals surface area contributed by atoms with Gasteiger partial charge in [0.2, 0.25) is 5.91 Å². The summed E-state index contributed by atoms with van der Waals surface area (Å²) in [6.45, 7) is 3.67. The van der Waals surface area contributed by atoms with Crippen molar-refractivity contribution in [2.24, 2.45) is 11.8 Å². The van der Waals surface area contributed by atoms with Crippen LogP contribution in [0.3, 0.4) is 0 Å². The van der Waals surface area contributed by atoms with Crippen molar-refractivity contribution in [2.45, 2.75) is 64.8 Å². The molecule has 1 aliphatic rings. The zero-order chi connectivity index (χ0) is 13.5. The Kier molecular flexibility index (Phi) is 6.16. The minimum absolute atomic E-state index is 0.0819. The first-order valence-electron chi connectivity index (χ1n) is 7.07. The average Bonchev–Trinajstić information content (AvgIpc) is 2.36. The van der Waals surface area contributed by atoms with Crippen LogP contribution in [0.5, 0.6) is 0 Å². The largest absolute Gasteiger partial charge is 0.480 e. The summed E-state index contributed by atoms with van der Waals surface area (Å²) < 4.78 is 0. The molecule has 18 heavy (non-hydrogen) atoms. The molecule has 1 amide bonds. The van der Waals surface area contributed by atoms with E-state index in [4.69, 9.17) is 5.11 Å². The lowest BCUT2D eigenvalue weighted by Crippen LogP contribution is -2.43. The van der Waals surface area contributed by atoms with Gasteiger partial charge in [0, 0.05) is 5.92 Å². The van der Waals surface area contributed by atoms with Gasteiger partial charge >= 0.3 is 5.97 Å². The molecule has 1 fully saturated rings. The van der Waals surface area contributed by atoms with Crippen LogP contribution >= 0.6 is 0 Å². The van der Waals surface area contributed by atoms with Crippen molar-refractivity contribution in [3.8, 4) is 0 Å². The molecule has 104 valence electrons. The fourth-order valence-corrected chi connectivity index (χ4v) is 2.68. The molecule has 2 N–H and O–H groups in total. The molecule has 0 aromatic heterocycles. The second-order valence-electron chi connectivity index (χ2n) is 5.45. The first-order chi connectivity index (χ1) is 8.54. The van der Waals surface area contributed by atoms with Crippen LogP contribution < -0.4 is 5.32 Å². The van der Waals surface area contributed by atoms with E-state index in [2.05, 4.69) is 5.32 Å². The lowest BCUT2D eigenvalue weighted by atomic mass is 9.83. The van der Waals surface area contributed by atoms with Crippen LogP contribution in [0.1, 0.15) is 58.8 Å². The SMILES string of the molecule is CCC(NC(=O)C(C)CC1CCCCC1)C(=O)O. The molecule has 4 heteroatoms. The van der Waals surface area contributed by atoms with Gasteiger partial charge in [-0.25, -0.2) is 4.79 Å². The number of carbonyl (C=O) groups excluding carboxylic acids is 1. The number of hydrogen-bond acceptors (Lipinski definition) is 2. The third-order valence-corrected chi connectivity index (χ3v) is 3.88. The molecule has 4 nitrogen and oxygen atoms in total. The van der Waals surface area contributed by atoms with Gasteiger partial charge in [-0.05, 0) is 18.8 Å². The number of carbonyl (C=O) groups is 2.